The third-order valence-electron chi connectivity index (χ3n) is 3.00. The van der Waals surface area contributed by atoms with Crippen molar-refractivity contribution < 1.29 is 4.74 Å². The number of ether oxygens (including phenoxy) is 1. The molecule has 6 heteroatoms. The summed E-state index contributed by atoms with van der Waals surface area (Å²) in [5.74, 6) is 7.06. The van der Waals surface area contributed by atoms with Gasteiger partial charge in [-0.2, -0.15) is 5.10 Å². The van der Waals surface area contributed by atoms with Gasteiger partial charge in [0.2, 0.25) is 0 Å². The molecular formula is C15H19N5O. The maximum atomic E-state index is 5.60. The van der Waals surface area contributed by atoms with Crippen molar-refractivity contribution in [3.8, 4) is 5.75 Å². The molecule has 0 atom stereocenters. The van der Waals surface area contributed by atoms with Gasteiger partial charge in [0.25, 0.3) is 0 Å². The first-order valence-electron chi connectivity index (χ1n) is 6.59. The molecule has 1 aromatic heterocycles. The summed E-state index contributed by atoms with van der Waals surface area (Å²) in [4.78, 5) is 4.25. The van der Waals surface area contributed by atoms with E-state index in [1.54, 1.807) is 19.4 Å². The van der Waals surface area contributed by atoms with E-state index in [9.17, 15) is 0 Å². The minimum absolute atomic E-state index is 0.447. The van der Waals surface area contributed by atoms with Crippen LogP contribution in [0.5, 0.6) is 5.75 Å². The second kappa shape index (κ2) is 7.14. The number of aryl methyl sites for hydroxylation is 1. The highest BCUT2D eigenvalue weighted by atomic mass is 16.5. The zero-order chi connectivity index (χ0) is 15.1. The molecule has 1 heterocycles. The van der Waals surface area contributed by atoms with Gasteiger partial charge >= 0.3 is 0 Å². The first kappa shape index (κ1) is 14.6. The van der Waals surface area contributed by atoms with Gasteiger partial charge in [-0.25, -0.2) is 4.98 Å². The molecule has 0 fully saturated rings. The largest absolute Gasteiger partial charge is 0.497 e. The third kappa shape index (κ3) is 4.38. The van der Waals surface area contributed by atoms with Crippen LogP contribution in [0.15, 0.2) is 47.7 Å². The van der Waals surface area contributed by atoms with Crippen LogP contribution in [0.25, 0.3) is 0 Å². The number of methoxy groups -OCH3 is 1. The van der Waals surface area contributed by atoms with Crippen LogP contribution in [0.2, 0.25) is 0 Å². The zero-order valence-electron chi connectivity index (χ0n) is 11.9. The normalized spacial score (nSPS) is 11.2. The molecule has 0 spiro atoms. The summed E-state index contributed by atoms with van der Waals surface area (Å²) in [5, 5.41) is 6.71. The van der Waals surface area contributed by atoms with Crippen LogP contribution in [-0.4, -0.2) is 17.9 Å². The van der Waals surface area contributed by atoms with Crippen molar-refractivity contribution in [1.82, 2.24) is 4.98 Å². The third-order valence-corrected chi connectivity index (χ3v) is 3.00. The number of amidine groups is 1. The Kier molecular flexibility index (Phi) is 4.98. The van der Waals surface area contributed by atoms with Gasteiger partial charge in [-0.3, -0.25) is 0 Å². The highest BCUT2D eigenvalue weighted by Gasteiger charge is 2.01. The molecule has 1 aromatic carbocycles. The average Bonchev–Trinajstić information content (AvgIpc) is 2.53. The number of benzene rings is 1. The molecular weight excluding hydrogens is 266 g/mol. The van der Waals surface area contributed by atoms with Gasteiger partial charge in [-0.1, -0.05) is 12.1 Å². The van der Waals surface area contributed by atoms with Gasteiger partial charge in [0.1, 0.15) is 17.4 Å². The van der Waals surface area contributed by atoms with E-state index in [4.69, 9.17) is 16.3 Å². The van der Waals surface area contributed by atoms with Crippen LogP contribution in [0.4, 0.5) is 11.5 Å². The fourth-order valence-corrected chi connectivity index (χ4v) is 1.90. The number of pyridine rings is 1. The van der Waals surface area contributed by atoms with E-state index in [2.05, 4.69) is 15.4 Å². The van der Waals surface area contributed by atoms with Crippen molar-refractivity contribution in [1.29, 1.82) is 0 Å². The predicted molar refractivity (Wildman–Crippen MR) is 84.6 cm³/mol. The standard InChI is InChI=1S/C15H19N5O/c1-21-13-7-8-18-15(10-13)19-12-4-2-3-11(9-12)5-6-14(16)20-17/h2-4,7-10H,5-6,17H2,1H3,(H2,16,20)(H,18,19). The number of hydrogen-bond acceptors (Lipinski definition) is 5. The Bertz CT molecular complexity index is 627. The molecule has 0 aliphatic carbocycles. The van der Waals surface area contributed by atoms with Crippen LogP contribution in [0.1, 0.15) is 12.0 Å². The van der Waals surface area contributed by atoms with E-state index in [0.29, 0.717) is 12.3 Å². The number of hydrogen-bond donors (Lipinski definition) is 3. The second-order valence-electron chi connectivity index (χ2n) is 4.53. The van der Waals surface area contributed by atoms with Crippen LogP contribution in [0, 0.1) is 0 Å². The molecule has 0 saturated heterocycles. The molecule has 6 nitrogen and oxygen atoms in total. The quantitative estimate of drug-likeness (QED) is 0.326. The molecule has 0 aliphatic rings. The highest BCUT2D eigenvalue weighted by molar-refractivity contribution is 5.80. The van der Waals surface area contributed by atoms with Crippen LogP contribution >= 0.6 is 0 Å². The number of nitrogens with zero attached hydrogens (tertiary/aromatic N) is 2. The maximum Gasteiger partial charge on any atom is 0.133 e. The predicted octanol–water partition coefficient (Wildman–Crippen LogP) is 2.00. The Morgan fingerprint density at radius 1 is 1.33 bits per heavy atom. The first-order valence-corrected chi connectivity index (χ1v) is 6.59. The van der Waals surface area contributed by atoms with Crippen molar-refractivity contribution in [3.05, 3.63) is 48.2 Å². The summed E-state index contributed by atoms with van der Waals surface area (Å²) in [6, 6.07) is 11.7. The second-order valence-corrected chi connectivity index (χ2v) is 4.53. The van der Waals surface area contributed by atoms with Crippen LogP contribution in [-0.2, 0) is 6.42 Å². The minimum Gasteiger partial charge on any atom is -0.497 e. The molecule has 2 aromatic rings. The lowest BCUT2D eigenvalue weighted by Crippen LogP contribution is -2.14. The molecule has 0 radical (unpaired) electrons. The summed E-state index contributed by atoms with van der Waals surface area (Å²) in [6.07, 6.45) is 3.12. The van der Waals surface area contributed by atoms with E-state index in [0.717, 1.165) is 29.2 Å². The van der Waals surface area contributed by atoms with Gasteiger partial charge < -0.3 is 21.6 Å². The van der Waals surface area contributed by atoms with E-state index >= 15 is 0 Å². The molecule has 5 N–H and O–H groups in total. The molecule has 0 saturated carbocycles. The smallest absolute Gasteiger partial charge is 0.133 e. The first-order chi connectivity index (χ1) is 10.2. The van der Waals surface area contributed by atoms with E-state index in [-0.39, 0.29) is 0 Å². The number of aromatic nitrogens is 1. The van der Waals surface area contributed by atoms with Crippen molar-refractivity contribution >= 4 is 17.3 Å². The number of anilines is 2. The molecule has 2 rings (SSSR count). The monoisotopic (exact) mass is 285 g/mol. The lowest BCUT2D eigenvalue weighted by atomic mass is 10.1. The molecule has 21 heavy (non-hydrogen) atoms. The van der Waals surface area contributed by atoms with Gasteiger partial charge in [-0.15, -0.1) is 0 Å². The summed E-state index contributed by atoms with van der Waals surface area (Å²) < 4.78 is 5.17. The van der Waals surface area contributed by atoms with E-state index in [1.807, 2.05) is 30.3 Å². The van der Waals surface area contributed by atoms with Gasteiger partial charge in [0.15, 0.2) is 0 Å². The van der Waals surface area contributed by atoms with Crippen LogP contribution < -0.4 is 21.6 Å². The Morgan fingerprint density at radius 2 is 2.19 bits per heavy atom. The van der Waals surface area contributed by atoms with Crippen molar-refractivity contribution in [2.45, 2.75) is 12.8 Å². The van der Waals surface area contributed by atoms with Gasteiger partial charge in [-0.05, 0) is 30.2 Å². The van der Waals surface area contributed by atoms with Gasteiger partial charge in [0.05, 0.1) is 7.11 Å². The van der Waals surface area contributed by atoms with Crippen molar-refractivity contribution in [2.75, 3.05) is 12.4 Å². The fraction of sp³-hybridized carbons (Fsp3) is 0.200. The topological polar surface area (TPSA) is 98.5 Å². The minimum atomic E-state index is 0.447. The SMILES string of the molecule is COc1ccnc(Nc2cccc(CC/C(N)=N/N)c2)c1. The van der Waals surface area contributed by atoms with E-state index in [1.165, 1.54) is 0 Å². The fourth-order valence-electron chi connectivity index (χ4n) is 1.90. The zero-order valence-corrected chi connectivity index (χ0v) is 11.9. The summed E-state index contributed by atoms with van der Waals surface area (Å²) in [5.41, 5.74) is 7.70. The molecule has 0 aliphatic heterocycles. The molecule has 0 unspecified atom stereocenters. The number of nitrogens with one attached hydrogen (secondary N) is 1. The number of hydrazone groups is 1. The Labute approximate surface area is 123 Å². The summed E-state index contributed by atoms with van der Waals surface area (Å²) in [7, 11) is 1.63. The Hall–Kier alpha value is -2.76. The van der Waals surface area contributed by atoms with Crippen molar-refractivity contribution in [3.63, 3.8) is 0 Å². The number of nitrogens with two attached hydrogens (primary N) is 2. The molecule has 0 amide bonds. The van der Waals surface area contributed by atoms with Gasteiger partial charge in [0, 0.05) is 24.4 Å². The van der Waals surface area contributed by atoms with E-state index < -0.39 is 0 Å². The summed E-state index contributed by atoms with van der Waals surface area (Å²) in [6.45, 7) is 0. The highest BCUT2D eigenvalue weighted by Crippen LogP contribution is 2.20. The maximum absolute atomic E-state index is 5.60. The van der Waals surface area contributed by atoms with Crippen molar-refractivity contribution in [2.24, 2.45) is 16.7 Å². The lowest BCUT2D eigenvalue weighted by molar-refractivity contribution is 0.414. The lowest BCUT2D eigenvalue weighted by Gasteiger charge is -2.09. The molecule has 0 bridgehead atoms. The molecule has 110 valence electrons. The Balaban J connectivity index is 2.06. The van der Waals surface area contributed by atoms with Crippen LogP contribution in [0.3, 0.4) is 0 Å². The number of rotatable bonds is 6. The summed E-state index contributed by atoms with van der Waals surface area (Å²) >= 11 is 0. The average molecular weight is 285 g/mol. The Morgan fingerprint density at radius 3 is 2.95 bits per heavy atom.